The van der Waals surface area contributed by atoms with Crippen LogP contribution in [0, 0.1) is 0 Å². The Labute approximate surface area is 105 Å². The molecule has 1 aliphatic rings. The predicted octanol–water partition coefficient (Wildman–Crippen LogP) is 1.29. The summed E-state index contributed by atoms with van der Waals surface area (Å²) < 4.78 is 6.37. The summed E-state index contributed by atoms with van der Waals surface area (Å²) in [4.78, 5) is 4.73. The molecule has 4 nitrogen and oxygen atoms in total. The van der Waals surface area contributed by atoms with Gasteiger partial charge >= 0.3 is 0 Å². The number of hydrogen-bond acceptors (Lipinski definition) is 4. The fourth-order valence-corrected chi connectivity index (χ4v) is 2.41. The van der Waals surface area contributed by atoms with Crippen LogP contribution in [0.2, 0.25) is 0 Å². The molecule has 1 aliphatic heterocycles. The first-order chi connectivity index (χ1) is 7.70. The van der Waals surface area contributed by atoms with E-state index in [-0.39, 0.29) is 6.04 Å². The molecular formula is C11H18BrN3O. The van der Waals surface area contributed by atoms with Gasteiger partial charge in [-0.05, 0) is 35.1 Å². The van der Waals surface area contributed by atoms with Crippen molar-refractivity contribution in [1.29, 1.82) is 0 Å². The zero-order chi connectivity index (χ0) is 11.5. The van der Waals surface area contributed by atoms with Crippen molar-refractivity contribution in [3.05, 3.63) is 22.6 Å². The molecule has 1 fully saturated rings. The van der Waals surface area contributed by atoms with Crippen LogP contribution in [0.3, 0.4) is 0 Å². The van der Waals surface area contributed by atoms with Gasteiger partial charge in [0.1, 0.15) is 5.76 Å². The Morgan fingerprint density at radius 2 is 2.06 bits per heavy atom. The van der Waals surface area contributed by atoms with Crippen molar-refractivity contribution in [2.75, 3.05) is 39.8 Å². The van der Waals surface area contributed by atoms with Gasteiger partial charge < -0.3 is 15.1 Å². The number of rotatable bonds is 3. The van der Waals surface area contributed by atoms with Gasteiger partial charge in [0.25, 0.3) is 0 Å². The molecule has 0 aromatic carbocycles. The highest BCUT2D eigenvalue weighted by Crippen LogP contribution is 2.25. The molecule has 90 valence electrons. The average molecular weight is 288 g/mol. The summed E-state index contributed by atoms with van der Waals surface area (Å²) in [5.74, 6) is 0.957. The van der Waals surface area contributed by atoms with Crippen LogP contribution in [-0.4, -0.2) is 49.6 Å². The van der Waals surface area contributed by atoms with E-state index in [9.17, 15) is 0 Å². The monoisotopic (exact) mass is 287 g/mol. The van der Waals surface area contributed by atoms with Gasteiger partial charge in [0.2, 0.25) is 0 Å². The molecule has 1 saturated heterocycles. The Bertz CT molecular complexity index is 334. The topological polar surface area (TPSA) is 45.6 Å². The van der Waals surface area contributed by atoms with E-state index < -0.39 is 0 Å². The van der Waals surface area contributed by atoms with Crippen LogP contribution in [-0.2, 0) is 0 Å². The second kappa shape index (κ2) is 5.31. The van der Waals surface area contributed by atoms with Gasteiger partial charge in [-0.1, -0.05) is 0 Å². The maximum Gasteiger partial charge on any atom is 0.169 e. The Morgan fingerprint density at radius 1 is 1.38 bits per heavy atom. The van der Waals surface area contributed by atoms with Crippen LogP contribution in [0.5, 0.6) is 0 Å². The van der Waals surface area contributed by atoms with Crippen molar-refractivity contribution < 1.29 is 4.42 Å². The van der Waals surface area contributed by atoms with Gasteiger partial charge in [-0.3, -0.25) is 4.90 Å². The van der Waals surface area contributed by atoms with E-state index in [0.29, 0.717) is 6.54 Å². The molecule has 1 unspecified atom stereocenters. The molecule has 1 atom stereocenters. The molecular weight excluding hydrogens is 270 g/mol. The molecule has 2 heterocycles. The largest absolute Gasteiger partial charge is 0.453 e. The molecule has 0 aliphatic carbocycles. The maximum absolute atomic E-state index is 5.85. The summed E-state index contributed by atoms with van der Waals surface area (Å²) >= 11 is 3.33. The SMILES string of the molecule is CN1CCN(C(CN)c2ccc(Br)o2)CC1. The van der Waals surface area contributed by atoms with E-state index in [4.69, 9.17) is 10.2 Å². The summed E-state index contributed by atoms with van der Waals surface area (Å²) in [5, 5.41) is 0. The van der Waals surface area contributed by atoms with Crippen LogP contribution in [0.25, 0.3) is 0 Å². The van der Waals surface area contributed by atoms with Crippen LogP contribution < -0.4 is 5.73 Å². The third-order valence-corrected chi connectivity index (χ3v) is 3.55. The number of halogens is 1. The van der Waals surface area contributed by atoms with Gasteiger partial charge in [-0.15, -0.1) is 0 Å². The number of likely N-dealkylation sites (N-methyl/N-ethyl adjacent to an activating group) is 1. The van der Waals surface area contributed by atoms with Crippen LogP contribution >= 0.6 is 15.9 Å². The molecule has 0 saturated carbocycles. The first-order valence-corrected chi connectivity index (χ1v) is 6.38. The lowest BCUT2D eigenvalue weighted by atomic mass is 10.1. The third kappa shape index (κ3) is 2.66. The molecule has 0 radical (unpaired) electrons. The van der Waals surface area contributed by atoms with Crippen molar-refractivity contribution in [1.82, 2.24) is 9.80 Å². The lowest BCUT2D eigenvalue weighted by molar-refractivity contribution is 0.103. The van der Waals surface area contributed by atoms with E-state index in [1.54, 1.807) is 0 Å². The van der Waals surface area contributed by atoms with Gasteiger partial charge in [0.15, 0.2) is 4.67 Å². The molecule has 0 amide bonds. The highest BCUT2D eigenvalue weighted by molar-refractivity contribution is 9.10. The molecule has 2 N–H and O–H groups in total. The minimum absolute atomic E-state index is 0.208. The number of nitrogens with zero attached hydrogens (tertiary/aromatic N) is 2. The van der Waals surface area contributed by atoms with E-state index in [2.05, 4.69) is 32.8 Å². The van der Waals surface area contributed by atoms with Gasteiger partial charge in [0, 0.05) is 32.7 Å². The minimum Gasteiger partial charge on any atom is -0.453 e. The van der Waals surface area contributed by atoms with Crippen molar-refractivity contribution >= 4 is 15.9 Å². The fraction of sp³-hybridized carbons (Fsp3) is 0.636. The Morgan fingerprint density at radius 3 is 2.56 bits per heavy atom. The number of nitrogens with two attached hydrogens (primary N) is 1. The summed E-state index contributed by atoms with van der Waals surface area (Å²) in [6.07, 6.45) is 0. The van der Waals surface area contributed by atoms with Crippen molar-refractivity contribution in [3.8, 4) is 0 Å². The molecule has 1 aromatic heterocycles. The molecule has 0 bridgehead atoms. The molecule has 16 heavy (non-hydrogen) atoms. The van der Waals surface area contributed by atoms with Crippen molar-refractivity contribution in [2.45, 2.75) is 6.04 Å². The minimum atomic E-state index is 0.208. The van der Waals surface area contributed by atoms with E-state index in [1.807, 2.05) is 12.1 Å². The second-order valence-corrected chi connectivity index (χ2v) is 5.01. The quantitative estimate of drug-likeness (QED) is 0.910. The van der Waals surface area contributed by atoms with E-state index >= 15 is 0 Å². The standard InChI is InChI=1S/C11H18BrN3O/c1-14-4-6-15(7-5-14)9(8-13)10-2-3-11(12)16-10/h2-3,9H,4-8,13H2,1H3. The van der Waals surface area contributed by atoms with E-state index in [0.717, 1.165) is 36.6 Å². The molecule has 0 spiro atoms. The summed E-state index contributed by atoms with van der Waals surface area (Å²) in [5.41, 5.74) is 5.85. The van der Waals surface area contributed by atoms with Crippen molar-refractivity contribution in [3.63, 3.8) is 0 Å². The smallest absolute Gasteiger partial charge is 0.169 e. The lowest BCUT2D eigenvalue weighted by Crippen LogP contribution is -2.47. The number of hydrogen-bond donors (Lipinski definition) is 1. The summed E-state index contributed by atoms with van der Waals surface area (Å²) in [7, 11) is 2.15. The second-order valence-electron chi connectivity index (χ2n) is 4.23. The van der Waals surface area contributed by atoms with E-state index in [1.165, 1.54) is 0 Å². The Hall–Kier alpha value is -0.360. The maximum atomic E-state index is 5.85. The molecule has 5 heteroatoms. The normalized spacial score (nSPS) is 21.2. The highest BCUT2D eigenvalue weighted by Gasteiger charge is 2.24. The first kappa shape index (κ1) is 12.1. The molecule has 2 rings (SSSR count). The first-order valence-electron chi connectivity index (χ1n) is 5.58. The van der Waals surface area contributed by atoms with Crippen LogP contribution in [0.4, 0.5) is 0 Å². The summed E-state index contributed by atoms with van der Waals surface area (Å²) in [6, 6.07) is 4.13. The van der Waals surface area contributed by atoms with Gasteiger partial charge in [-0.25, -0.2) is 0 Å². The molecule has 1 aromatic rings. The van der Waals surface area contributed by atoms with Crippen molar-refractivity contribution in [2.24, 2.45) is 5.73 Å². The summed E-state index contributed by atoms with van der Waals surface area (Å²) in [6.45, 7) is 4.90. The average Bonchev–Trinajstić information content (AvgIpc) is 2.69. The van der Waals surface area contributed by atoms with Gasteiger partial charge in [-0.2, -0.15) is 0 Å². The lowest BCUT2D eigenvalue weighted by Gasteiger charge is -2.36. The zero-order valence-corrected chi connectivity index (χ0v) is 11.1. The third-order valence-electron chi connectivity index (χ3n) is 3.12. The number of furan rings is 1. The van der Waals surface area contributed by atoms with Crippen LogP contribution in [0.1, 0.15) is 11.8 Å². The fourth-order valence-electron chi connectivity index (χ4n) is 2.09. The predicted molar refractivity (Wildman–Crippen MR) is 67.3 cm³/mol. The van der Waals surface area contributed by atoms with Gasteiger partial charge in [0.05, 0.1) is 6.04 Å². The zero-order valence-electron chi connectivity index (χ0n) is 9.53. The van der Waals surface area contributed by atoms with Crippen LogP contribution in [0.15, 0.2) is 21.2 Å². The Balaban J connectivity index is 2.05. The number of piperazine rings is 1. The highest BCUT2D eigenvalue weighted by atomic mass is 79.9. The Kier molecular flexibility index (Phi) is 4.02.